The lowest BCUT2D eigenvalue weighted by Crippen LogP contribution is -2.17. The summed E-state index contributed by atoms with van der Waals surface area (Å²) in [4.78, 5) is 13.4. The normalized spacial score (nSPS) is 14.9. The minimum atomic E-state index is -0.191. The van der Waals surface area contributed by atoms with Gasteiger partial charge in [-0.3, -0.25) is 9.97 Å². The fourth-order valence-electron chi connectivity index (χ4n) is 13.4. The Kier molecular flexibility index (Phi) is 12.7. The van der Waals surface area contributed by atoms with Crippen molar-refractivity contribution in [3.05, 3.63) is 274 Å². The third-order valence-corrected chi connectivity index (χ3v) is 18.4. The first-order chi connectivity index (χ1) is 39.6. The van der Waals surface area contributed by atoms with Crippen LogP contribution < -0.4 is 9.80 Å². The molecule has 0 spiro atoms. The SMILES string of the molecule is CC(C)(C)c1ccc(N(c2ccncc2)c2ccc3c(c2)C(C)(C)c2cc(C=Cc4ccc5c(c4)C(C)(C)c4cc(C=Cc6ccc7c(c6)C(C)(C)c6cc(N(c8ccncc8)c8ccc(C(C)(C)C)cc8)ccc6-7)ccc4-5)ccc2-3)cc1. The Bertz CT molecular complexity index is 3950. The maximum Gasteiger partial charge on any atom is 0.0492 e. The number of hydrogen-bond donors (Lipinski definition) is 0. The van der Waals surface area contributed by atoms with Gasteiger partial charge in [0.05, 0.1) is 0 Å². The first-order valence-electron chi connectivity index (χ1n) is 29.5. The van der Waals surface area contributed by atoms with E-state index < -0.39 is 0 Å². The highest BCUT2D eigenvalue weighted by Crippen LogP contribution is 2.54. The van der Waals surface area contributed by atoms with Gasteiger partial charge in [0.2, 0.25) is 0 Å². The Labute approximate surface area is 492 Å². The zero-order valence-electron chi connectivity index (χ0n) is 50.2. The number of hydrogen-bond acceptors (Lipinski definition) is 4. The second-order valence-electron chi connectivity index (χ2n) is 26.9. The summed E-state index contributed by atoms with van der Waals surface area (Å²) in [5.74, 6) is 0. The summed E-state index contributed by atoms with van der Waals surface area (Å²) < 4.78 is 0. The molecule has 3 aliphatic carbocycles. The molecule has 13 rings (SSSR count). The Hall–Kier alpha value is -8.86. The largest absolute Gasteiger partial charge is 0.310 e. The van der Waals surface area contributed by atoms with Crippen LogP contribution in [0.25, 0.3) is 57.7 Å². The number of anilines is 6. The predicted octanol–water partition coefficient (Wildman–Crippen LogP) is 21.3. The van der Waals surface area contributed by atoms with Crippen molar-refractivity contribution in [2.24, 2.45) is 0 Å². The summed E-state index contributed by atoms with van der Waals surface area (Å²) in [5, 5.41) is 0. The minimum absolute atomic E-state index is 0.0768. The highest BCUT2D eigenvalue weighted by molar-refractivity contribution is 5.90. The molecule has 2 heterocycles. The highest BCUT2D eigenvalue weighted by atomic mass is 15.1. The molecule has 0 bridgehead atoms. The Balaban J connectivity index is 0.724. The molecule has 0 radical (unpaired) electrons. The van der Waals surface area contributed by atoms with Crippen LogP contribution >= 0.6 is 0 Å². The monoisotopic (exact) mass is 1080 g/mol. The summed E-state index contributed by atoms with van der Waals surface area (Å²) in [6, 6.07) is 68.5. The number of rotatable bonds is 10. The van der Waals surface area contributed by atoms with Gasteiger partial charge in [0.15, 0.2) is 0 Å². The lowest BCUT2D eigenvalue weighted by Gasteiger charge is -2.28. The molecular weight excluding hydrogens is 1000 g/mol. The van der Waals surface area contributed by atoms with Crippen LogP contribution in [0.2, 0.25) is 0 Å². The van der Waals surface area contributed by atoms with E-state index in [1.165, 1.54) is 100 Å². The van der Waals surface area contributed by atoms with Gasteiger partial charge in [0, 0.05) is 75.2 Å². The number of benzene rings is 8. The van der Waals surface area contributed by atoms with Crippen LogP contribution in [0.1, 0.15) is 150 Å². The van der Waals surface area contributed by atoms with Crippen LogP contribution in [0, 0.1) is 0 Å². The highest BCUT2D eigenvalue weighted by Gasteiger charge is 2.39. The summed E-state index contributed by atoms with van der Waals surface area (Å²) in [6.45, 7) is 27.9. The molecule has 0 fully saturated rings. The van der Waals surface area contributed by atoms with E-state index in [0.29, 0.717) is 0 Å². The fourth-order valence-corrected chi connectivity index (χ4v) is 13.4. The number of fused-ring (bicyclic) bond motifs is 9. The van der Waals surface area contributed by atoms with E-state index in [0.717, 1.165) is 34.1 Å². The first kappa shape index (κ1) is 53.5. The molecule has 10 aromatic rings. The van der Waals surface area contributed by atoms with Gasteiger partial charge in [-0.25, -0.2) is 0 Å². The van der Waals surface area contributed by atoms with Gasteiger partial charge in [0.25, 0.3) is 0 Å². The molecule has 0 N–H and O–H groups in total. The van der Waals surface area contributed by atoms with E-state index in [-0.39, 0.29) is 27.1 Å². The smallest absolute Gasteiger partial charge is 0.0492 e. The lowest BCUT2D eigenvalue weighted by atomic mass is 9.81. The van der Waals surface area contributed by atoms with E-state index in [9.17, 15) is 0 Å². The van der Waals surface area contributed by atoms with E-state index in [1.54, 1.807) is 0 Å². The van der Waals surface area contributed by atoms with Gasteiger partial charge >= 0.3 is 0 Å². The van der Waals surface area contributed by atoms with Gasteiger partial charge in [-0.2, -0.15) is 0 Å². The number of pyridine rings is 2. The molecule has 8 aromatic carbocycles. The molecule has 0 amide bonds. The van der Waals surface area contributed by atoms with Gasteiger partial charge < -0.3 is 9.80 Å². The van der Waals surface area contributed by atoms with Crippen molar-refractivity contribution in [2.75, 3.05) is 9.80 Å². The van der Waals surface area contributed by atoms with E-state index in [1.807, 2.05) is 24.8 Å². The molecule has 83 heavy (non-hydrogen) atoms. The van der Waals surface area contributed by atoms with E-state index in [2.05, 4.69) is 309 Å². The van der Waals surface area contributed by atoms with Crippen LogP contribution in [0.4, 0.5) is 34.1 Å². The van der Waals surface area contributed by atoms with E-state index in [4.69, 9.17) is 0 Å². The van der Waals surface area contributed by atoms with Crippen molar-refractivity contribution in [2.45, 2.75) is 110 Å². The van der Waals surface area contributed by atoms with Crippen LogP contribution in [0.5, 0.6) is 0 Å². The third-order valence-electron chi connectivity index (χ3n) is 18.4. The van der Waals surface area contributed by atoms with Crippen molar-refractivity contribution in [3.8, 4) is 33.4 Å². The second-order valence-corrected chi connectivity index (χ2v) is 26.9. The Morgan fingerprint density at radius 2 is 0.506 bits per heavy atom. The second kappa shape index (κ2) is 19.7. The molecule has 0 unspecified atom stereocenters. The molecule has 3 aliphatic rings. The Morgan fingerprint density at radius 3 is 0.771 bits per heavy atom. The molecule has 0 saturated heterocycles. The molecule has 410 valence electrons. The van der Waals surface area contributed by atoms with Crippen molar-refractivity contribution >= 4 is 58.4 Å². The average molecular weight is 1080 g/mol. The van der Waals surface area contributed by atoms with Gasteiger partial charge in [0.1, 0.15) is 0 Å². The summed E-state index contributed by atoms with van der Waals surface area (Å²) >= 11 is 0. The standard InChI is InChI=1S/C79H74N4/c1-75(2,3)55-21-25-57(26-22-55)82(59-37-41-80-42-38-59)61-29-35-67-65-33-19-53(47-71(65)78(9,10)73(67)49-61)15-13-51-17-31-63-64-32-18-52(46-70(64)77(7,8)69(63)45-51)14-16-54-20-34-66-68-36-30-62(50-74(68)79(11,12)72(66)48-54)83(60-39-43-81-44-40-60)58-27-23-56(24-28-58)76(4,5)6/h13-50H,1-12H3. The van der Waals surface area contributed by atoms with Crippen molar-refractivity contribution < 1.29 is 0 Å². The van der Waals surface area contributed by atoms with Gasteiger partial charge in [-0.1, -0.05) is 217 Å². The summed E-state index contributed by atoms with van der Waals surface area (Å²) in [7, 11) is 0. The minimum Gasteiger partial charge on any atom is -0.310 e. The van der Waals surface area contributed by atoms with Gasteiger partial charge in [-0.15, -0.1) is 0 Å². The fraction of sp³-hybridized carbons (Fsp3) is 0.215. The van der Waals surface area contributed by atoms with Gasteiger partial charge in [-0.05, 0) is 184 Å². The molecule has 0 aliphatic heterocycles. The van der Waals surface area contributed by atoms with Crippen LogP contribution in [0.15, 0.2) is 207 Å². The lowest BCUT2D eigenvalue weighted by molar-refractivity contribution is 0.590. The van der Waals surface area contributed by atoms with Crippen LogP contribution in [0.3, 0.4) is 0 Å². The molecule has 4 nitrogen and oxygen atoms in total. The van der Waals surface area contributed by atoms with Crippen molar-refractivity contribution in [1.82, 2.24) is 9.97 Å². The topological polar surface area (TPSA) is 32.3 Å². The zero-order chi connectivity index (χ0) is 57.8. The quantitative estimate of drug-likeness (QED) is 0.128. The maximum atomic E-state index is 4.35. The van der Waals surface area contributed by atoms with E-state index >= 15 is 0 Å². The molecule has 4 heteroatoms. The zero-order valence-corrected chi connectivity index (χ0v) is 50.2. The molecular formula is C79H74N4. The first-order valence-corrected chi connectivity index (χ1v) is 29.5. The van der Waals surface area contributed by atoms with Crippen molar-refractivity contribution in [3.63, 3.8) is 0 Å². The number of nitrogens with zero attached hydrogens (tertiary/aromatic N) is 4. The van der Waals surface area contributed by atoms with Crippen LogP contribution in [-0.2, 0) is 27.1 Å². The molecule has 0 atom stereocenters. The molecule has 0 saturated carbocycles. The maximum absolute atomic E-state index is 4.35. The summed E-state index contributed by atoms with van der Waals surface area (Å²) in [6.07, 6.45) is 16.7. The number of aromatic nitrogens is 2. The third kappa shape index (κ3) is 9.33. The predicted molar refractivity (Wildman–Crippen MR) is 352 cm³/mol. The van der Waals surface area contributed by atoms with Crippen LogP contribution in [-0.4, -0.2) is 9.97 Å². The Morgan fingerprint density at radius 1 is 0.277 bits per heavy atom. The van der Waals surface area contributed by atoms with Crippen molar-refractivity contribution in [1.29, 1.82) is 0 Å². The summed E-state index contributed by atoms with van der Waals surface area (Å²) in [5.41, 5.74) is 29.8. The molecule has 2 aromatic heterocycles. The average Bonchev–Trinajstić information content (AvgIpc) is 3.65.